The van der Waals surface area contributed by atoms with Gasteiger partial charge < -0.3 is 4.74 Å². The van der Waals surface area contributed by atoms with E-state index in [4.69, 9.17) is 4.74 Å². The maximum absolute atomic E-state index is 6.83. The lowest BCUT2D eigenvalue weighted by molar-refractivity contribution is 0.132. The maximum Gasteiger partial charge on any atom is 0.120 e. The van der Waals surface area contributed by atoms with Crippen LogP contribution in [0.3, 0.4) is 0 Å². The smallest absolute Gasteiger partial charge is 0.120 e. The number of hydrogen-bond acceptors (Lipinski definition) is 1. The van der Waals surface area contributed by atoms with E-state index in [1.54, 1.807) is 0 Å². The third kappa shape index (κ3) is 5.96. The molecule has 65 heavy (non-hydrogen) atoms. The first kappa shape index (κ1) is 40.3. The molecule has 322 valence electrons. The van der Waals surface area contributed by atoms with Gasteiger partial charge in [-0.3, -0.25) is 0 Å². The Labute approximate surface area is 386 Å². The molecule has 0 aromatic heterocycles. The van der Waals surface area contributed by atoms with Gasteiger partial charge in [0, 0.05) is 30.1 Å². The Kier molecular flexibility index (Phi) is 8.79. The minimum Gasteiger partial charge on any atom is -0.490 e. The number of hydrogen-bond donors (Lipinski definition) is 0. The van der Waals surface area contributed by atoms with Crippen LogP contribution in [0.15, 0.2) is 139 Å². The molecular weight excluding hydrogens is 785 g/mol. The molecule has 7 aliphatic rings. The van der Waals surface area contributed by atoms with E-state index >= 15 is 0 Å². The van der Waals surface area contributed by atoms with Crippen LogP contribution in [0.1, 0.15) is 121 Å². The molecule has 0 saturated heterocycles. The van der Waals surface area contributed by atoms with E-state index in [-0.39, 0.29) is 40.6 Å². The largest absolute Gasteiger partial charge is 0.490 e. The Bertz CT molecular complexity index is 3220. The quantitative estimate of drug-likeness (QED) is 0.175. The highest BCUT2D eigenvalue weighted by molar-refractivity contribution is 6.22. The summed E-state index contributed by atoms with van der Waals surface area (Å²) < 4.78 is 6.83. The molecule has 0 saturated carbocycles. The van der Waals surface area contributed by atoms with E-state index in [1.807, 2.05) is 0 Å². The molecule has 0 radical (unpaired) electrons. The van der Waals surface area contributed by atoms with E-state index in [1.165, 1.54) is 122 Å². The first-order chi connectivity index (χ1) is 31.2. The molecule has 12 rings (SSSR count). The van der Waals surface area contributed by atoms with Crippen LogP contribution in [0.5, 0.6) is 0 Å². The SMILES string of the molecule is Cc1cc(C(C)(C)C)cc(C)c1-c1c2c(c(-c3c(C)cc(C(C)(C)C)cc3C)c3cc4c(cc13)C1=CC=C(OC3C=CC=CC3)C3C=CC=C4C13)C1=Cc3ccccc3C3C=CC=C2C13. The van der Waals surface area contributed by atoms with Crippen molar-refractivity contribution in [3.63, 3.8) is 0 Å². The number of benzene rings is 5. The normalized spacial score (nSPS) is 22.9. The summed E-state index contributed by atoms with van der Waals surface area (Å²) in [5.41, 5.74) is 27.9. The van der Waals surface area contributed by atoms with E-state index in [0.29, 0.717) is 0 Å². The standard InChI is InChI=1S/C64H60O/c1-35-28-40(63(5,6)7)29-36(2)55(35)60-51-34-50-46-26-27-54(65-42-19-12-11-13-20-42)47-24-16-23-45(57(46)47)49(50)33-52(51)61(56-37(3)30-41(31-38(56)4)64(8,9)10)62-53-32-39-18-14-15-21-43(39)44-22-17-25-48(58(44)53)59(60)62/h11-19,21-34,42,44,47,57-58H,20H2,1-10H3. The van der Waals surface area contributed by atoms with Crippen molar-refractivity contribution >= 4 is 39.1 Å². The molecule has 5 unspecified atom stereocenters. The Balaban J connectivity index is 1.23. The molecule has 5 aromatic rings. The van der Waals surface area contributed by atoms with E-state index in [0.717, 1.165) is 12.2 Å². The molecule has 0 heterocycles. The predicted octanol–water partition coefficient (Wildman–Crippen LogP) is 16.6. The van der Waals surface area contributed by atoms with Crippen molar-refractivity contribution in [1.82, 2.24) is 0 Å². The first-order valence-electron chi connectivity index (χ1n) is 24.1. The van der Waals surface area contributed by atoms with Crippen molar-refractivity contribution in [2.24, 2.45) is 17.8 Å². The van der Waals surface area contributed by atoms with Gasteiger partial charge in [0.15, 0.2) is 0 Å². The number of fused-ring (bicyclic) bond motifs is 9. The third-order valence-electron chi connectivity index (χ3n) is 15.8. The van der Waals surface area contributed by atoms with Crippen molar-refractivity contribution in [2.45, 2.75) is 98.5 Å². The molecule has 1 heteroatoms. The first-order valence-corrected chi connectivity index (χ1v) is 24.1. The lowest BCUT2D eigenvalue weighted by Crippen LogP contribution is -2.23. The van der Waals surface area contributed by atoms with Crippen LogP contribution in [0.25, 0.3) is 61.4 Å². The molecule has 0 amide bonds. The molecule has 0 bridgehead atoms. The van der Waals surface area contributed by atoms with Gasteiger partial charge in [0.1, 0.15) is 11.9 Å². The maximum atomic E-state index is 6.83. The van der Waals surface area contributed by atoms with Crippen LogP contribution in [0.2, 0.25) is 0 Å². The highest BCUT2D eigenvalue weighted by Crippen LogP contribution is 2.65. The Morgan fingerprint density at radius 2 is 1.03 bits per heavy atom. The highest BCUT2D eigenvalue weighted by Gasteiger charge is 2.47. The van der Waals surface area contributed by atoms with Crippen LogP contribution in [0.4, 0.5) is 0 Å². The topological polar surface area (TPSA) is 9.23 Å². The van der Waals surface area contributed by atoms with Crippen molar-refractivity contribution in [1.29, 1.82) is 0 Å². The highest BCUT2D eigenvalue weighted by atomic mass is 16.5. The van der Waals surface area contributed by atoms with Crippen LogP contribution in [-0.4, -0.2) is 6.10 Å². The van der Waals surface area contributed by atoms with E-state index in [2.05, 4.69) is 209 Å². The van der Waals surface area contributed by atoms with Crippen molar-refractivity contribution in [3.05, 3.63) is 206 Å². The van der Waals surface area contributed by atoms with Gasteiger partial charge in [-0.05, 0) is 185 Å². The fourth-order valence-electron chi connectivity index (χ4n) is 12.8. The summed E-state index contributed by atoms with van der Waals surface area (Å²) in [5, 5.41) is 2.70. The lowest BCUT2D eigenvalue weighted by atomic mass is 9.71. The minimum absolute atomic E-state index is 0.0351. The van der Waals surface area contributed by atoms with Crippen LogP contribution in [0, 0.1) is 45.4 Å². The zero-order chi connectivity index (χ0) is 44.8. The lowest BCUT2D eigenvalue weighted by Gasteiger charge is -2.32. The zero-order valence-electron chi connectivity index (χ0n) is 39.8. The summed E-state index contributed by atoms with van der Waals surface area (Å²) in [6, 6.07) is 24.4. The fourth-order valence-corrected chi connectivity index (χ4v) is 12.8. The van der Waals surface area contributed by atoms with Gasteiger partial charge >= 0.3 is 0 Å². The van der Waals surface area contributed by atoms with Gasteiger partial charge in [-0.15, -0.1) is 0 Å². The van der Waals surface area contributed by atoms with E-state index in [9.17, 15) is 0 Å². The van der Waals surface area contributed by atoms with Crippen molar-refractivity contribution in [2.75, 3.05) is 0 Å². The molecule has 0 fully saturated rings. The monoisotopic (exact) mass is 844 g/mol. The Morgan fingerprint density at radius 3 is 1.62 bits per heavy atom. The summed E-state index contributed by atoms with van der Waals surface area (Å²) in [4.78, 5) is 0. The zero-order valence-corrected chi connectivity index (χ0v) is 39.8. The van der Waals surface area contributed by atoms with Gasteiger partial charge in [0.25, 0.3) is 0 Å². The van der Waals surface area contributed by atoms with Crippen LogP contribution in [-0.2, 0) is 15.6 Å². The number of ether oxygens (including phenoxy) is 1. The Morgan fingerprint density at radius 1 is 0.492 bits per heavy atom. The van der Waals surface area contributed by atoms with Gasteiger partial charge in [0.2, 0.25) is 0 Å². The molecule has 0 N–H and O–H groups in total. The molecule has 0 spiro atoms. The molecule has 7 aliphatic carbocycles. The second kappa shape index (κ2) is 14.2. The molecule has 5 aromatic carbocycles. The van der Waals surface area contributed by atoms with Gasteiger partial charge in [-0.2, -0.15) is 0 Å². The summed E-state index contributed by atoms with van der Waals surface area (Å²) >= 11 is 0. The molecular formula is C64H60O. The van der Waals surface area contributed by atoms with Gasteiger partial charge in [-0.25, -0.2) is 0 Å². The summed E-state index contributed by atoms with van der Waals surface area (Å²) in [7, 11) is 0. The van der Waals surface area contributed by atoms with Crippen LogP contribution >= 0.6 is 0 Å². The summed E-state index contributed by atoms with van der Waals surface area (Å²) in [5.74, 6) is 1.95. The predicted molar refractivity (Wildman–Crippen MR) is 277 cm³/mol. The summed E-state index contributed by atoms with van der Waals surface area (Å²) in [6.45, 7) is 23.6. The molecule has 0 aliphatic heterocycles. The Hall–Kier alpha value is -6.18. The number of allylic oxidation sites excluding steroid dienone is 14. The second-order valence-corrected chi connectivity index (χ2v) is 22.1. The average Bonchev–Trinajstić information content (AvgIpc) is 3.77. The molecule has 1 nitrogen and oxygen atoms in total. The number of rotatable bonds is 4. The van der Waals surface area contributed by atoms with Crippen molar-refractivity contribution < 1.29 is 4.74 Å². The van der Waals surface area contributed by atoms with E-state index < -0.39 is 0 Å². The van der Waals surface area contributed by atoms with Gasteiger partial charge in [0.05, 0.1) is 0 Å². The third-order valence-corrected chi connectivity index (χ3v) is 15.8. The molecule has 5 atom stereocenters. The second-order valence-electron chi connectivity index (χ2n) is 22.1. The van der Waals surface area contributed by atoms with Crippen LogP contribution < -0.4 is 0 Å². The minimum atomic E-state index is 0.0351. The van der Waals surface area contributed by atoms with Crippen molar-refractivity contribution in [3.8, 4) is 22.3 Å². The summed E-state index contributed by atoms with van der Waals surface area (Å²) in [6.07, 6.45) is 31.2. The number of aryl methyl sites for hydroxylation is 4. The van der Waals surface area contributed by atoms with Gasteiger partial charge in [-0.1, -0.05) is 157 Å². The average molecular weight is 845 g/mol. The fraction of sp³-hybridized carbons (Fsp3) is 0.281.